The topological polar surface area (TPSA) is 20.2 Å². The molecule has 0 radical (unpaired) electrons. The third kappa shape index (κ3) is 2.49. The van der Waals surface area contributed by atoms with Gasteiger partial charge < -0.3 is 5.11 Å². The van der Waals surface area contributed by atoms with Crippen LogP contribution in [-0.2, 0) is 0 Å². The van der Waals surface area contributed by atoms with Crippen LogP contribution in [0, 0.1) is 11.3 Å². The summed E-state index contributed by atoms with van der Waals surface area (Å²) in [6.45, 7) is 11.9. The second-order valence-electron chi connectivity index (χ2n) is 3.66. The highest BCUT2D eigenvalue weighted by Gasteiger charge is 2.30. The summed E-state index contributed by atoms with van der Waals surface area (Å²) in [5, 5.41) is 9.31. The lowest BCUT2D eigenvalue weighted by molar-refractivity contribution is 0.0815. The van der Waals surface area contributed by atoms with Crippen LogP contribution in [0.1, 0.15) is 26.7 Å². The van der Waals surface area contributed by atoms with E-state index in [9.17, 15) is 5.11 Å². The molecule has 0 rings (SSSR count). The van der Waals surface area contributed by atoms with Gasteiger partial charge in [0.2, 0.25) is 0 Å². The maximum absolute atomic E-state index is 9.31. The summed E-state index contributed by atoms with van der Waals surface area (Å²) >= 11 is 0. The first kappa shape index (κ1) is 11.4. The van der Waals surface area contributed by atoms with Gasteiger partial charge in [-0.2, -0.15) is 0 Å². The number of rotatable bonds is 6. The van der Waals surface area contributed by atoms with Gasteiger partial charge in [0.1, 0.15) is 0 Å². The minimum Gasteiger partial charge on any atom is -0.396 e. The number of allylic oxidation sites excluding steroid dienone is 2. The van der Waals surface area contributed by atoms with Gasteiger partial charge in [0, 0.05) is 12.0 Å². The Morgan fingerprint density at radius 3 is 1.83 bits per heavy atom. The van der Waals surface area contributed by atoms with Crippen LogP contribution in [0.3, 0.4) is 0 Å². The summed E-state index contributed by atoms with van der Waals surface area (Å²) in [5.41, 5.74) is -0.0382. The Balaban J connectivity index is 4.48. The van der Waals surface area contributed by atoms with Crippen LogP contribution in [0.25, 0.3) is 0 Å². The second-order valence-corrected chi connectivity index (χ2v) is 3.66. The highest BCUT2D eigenvalue weighted by Crippen LogP contribution is 2.35. The smallest absolute Gasteiger partial charge is 0.0495 e. The van der Waals surface area contributed by atoms with Crippen molar-refractivity contribution in [3.8, 4) is 0 Å². The van der Waals surface area contributed by atoms with E-state index in [1.54, 1.807) is 0 Å². The molecule has 12 heavy (non-hydrogen) atoms. The average Bonchev–Trinajstić information content (AvgIpc) is 2.03. The summed E-state index contributed by atoms with van der Waals surface area (Å²) in [6, 6.07) is 0. The van der Waals surface area contributed by atoms with Gasteiger partial charge in [-0.3, -0.25) is 0 Å². The van der Waals surface area contributed by atoms with E-state index < -0.39 is 0 Å². The summed E-state index contributed by atoms with van der Waals surface area (Å²) < 4.78 is 0. The SMILES string of the molecule is C=CCC(CO)(CC=C)C(C)C. The molecule has 0 unspecified atom stereocenters. The first-order valence-corrected chi connectivity index (χ1v) is 4.45. The molecule has 0 spiro atoms. The zero-order valence-corrected chi connectivity index (χ0v) is 8.21. The Labute approximate surface area is 75.8 Å². The molecule has 0 amide bonds. The fraction of sp³-hybridized carbons (Fsp3) is 0.636. The quantitative estimate of drug-likeness (QED) is 0.605. The lowest BCUT2D eigenvalue weighted by Crippen LogP contribution is -2.30. The largest absolute Gasteiger partial charge is 0.396 e. The van der Waals surface area contributed by atoms with E-state index in [4.69, 9.17) is 0 Å². The maximum atomic E-state index is 9.31. The van der Waals surface area contributed by atoms with Crippen molar-refractivity contribution < 1.29 is 5.11 Å². The van der Waals surface area contributed by atoms with Crippen LogP contribution in [0.2, 0.25) is 0 Å². The fourth-order valence-electron chi connectivity index (χ4n) is 1.44. The lowest BCUT2D eigenvalue weighted by Gasteiger charge is -2.34. The Morgan fingerprint density at radius 1 is 1.25 bits per heavy atom. The average molecular weight is 168 g/mol. The molecular weight excluding hydrogens is 148 g/mol. The van der Waals surface area contributed by atoms with Gasteiger partial charge in [-0.05, 0) is 18.8 Å². The van der Waals surface area contributed by atoms with Crippen molar-refractivity contribution in [2.24, 2.45) is 11.3 Å². The number of aliphatic hydroxyl groups is 1. The lowest BCUT2D eigenvalue weighted by atomic mass is 9.73. The molecule has 0 heterocycles. The maximum Gasteiger partial charge on any atom is 0.0495 e. The van der Waals surface area contributed by atoms with Crippen molar-refractivity contribution >= 4 is 0 Å². The Morgan fingerprint density at radius 2 is 1.67 bits per heavy atom. The Kier molecular flexibility index (Phi) is 4.91. The zero-order chi connectivity index (χ0) is 9.61. The monoisotopic (exact) mass is 168 g/mol. The van der Waals surface area contributed by atoms with Crippen molar-refractivity contribution in [1.82, 2.24) is 0 Å². The first-order valence-electron chi connectivity index (χ1n) is 4.45. The molecule has 0 aliphatic rings. The molecule has 0 aromatic heterocycles. The molecule has 70 valence electrons. The zero-order valence-electron chi connectivity index (χ0n) is 8.21. The molecule has 0 aromatic carbocycles. The first-order chi connectivity index (χ1) is 5.63. The van der Waals surface area contributed by atoms with Crippen LogP contribution >= 0.6 is 0 Å². The van der Waals surface area contributed by atoms with Gasteiger partial charge in [-0.15, -0.1) is 13.2 Å². The van der Waals surface area contributed by atoms with Crippen LogP contribution in [-0.4, -0.2) is 11.7 Å². The number of hydrogen-bond acceptors (Lipinski definition) is 1. The predicted molar refractivity (Wildman–Crippen MR) is 54.0 cm³/mol. The van der Waals surface area contributed by atoms with E-state index in [2.05, 4.69) is 27.0 Å². The molecule has 0 fully saturated rings. The molecule has 0 aliphatic heterocycles. The Hall–Kier alpha value is -0.560. The van der Waals surface area contributed by atoms with E-state index in [-0.39, 0.29) is 12.0 Å². The van der Waals surface area contributed by atoms with Crippen molar-refractivity contribution in [3.05, 3.63) is 25.3 Å². The Bertz CT molecular complexity index is 137. The molecule has 0 saturated carbocycles. The molecule has 1 heteroatoms. The van der Waals surface area contributed by atoms with Crippen LogP contribution in [0.15, 0.2) is 25.3 Å². The van der Waals surface area contributed by atoms with Gasteiger partial charge in [-0.1, -0.05) is 26.0 Å². The molecule has 0 atom stereocenters. The molecule has 1 nitrogen and oxygen atoms in total. The molecule has 0 aliphatic carbocycles. The molecular formula is C11H20O. The van der Waals surface area contributed by atoms with E-state index in [1.165, 1.54) is 0 Å². The van der Waals surface area contributed by atoms with Gasteiger partial charge in [0.25, 0.3) is 0 Å². The van der Waals surface area contributed by atoms with Gasteiger partial charge in [0.15, 0.2) is 0 Å². The summed E-state index contributed by atoms with van der Waals surface area (Å²) in [5.74, 6) is 0.457. The third-order valence-electron chi connectivity index (χ3n) is 2.64. The predicted octanol–water partition coefficient (Wildman–Crippen LogP) is 2.77. The highest BCUT2D eigenvalue weighted by atomic mass is 16.3. The number of hydrogen-bond donors (Lipinski definition) is 1. The van der Waals surface area contributed by atoms with Crippen molar-refractivity contribution in [2.75, 3.05) is 6.61 Å². The van der Waals surface area contributed by atoms with Gasteiger partial charge in [-0.25, -0.2) is 0 Å². The van der Waals surface area contributed by atoms with Crippen LogP contribution < -0.4 is 0 Å². The molecule has 0 saturated heterocycles. The van der Waals surface area contributed by atoms with Gasteiger partial charge >= 0.3 is 0 Å². The van der Waals surface area contributed by atoms with Gasteiger partial charge in [0.05, 0.1) is 0 Å². The van der Waals surface area contributed by atoms with Crippen LogP contribution in [0.5, 0.6) is 0 Å². The molecule has 1 N–H and O–H groups in total. The van der Waals surface area contributed by atoms with E-state index >= 15 is 0 Å². The summed E-state index contributed by atoms with van der Waals surface area (Å²) in [6.07, 6.45) is 5.46. The van der Waals surface area contributed by atoms with Crippen molar-refractivity contribution in [2.45, 2.75) is 26.7 Å². The highest BCUT2D eigenvalue weighted by molar-refractivity contribution is 4.93. The number of aliphatic hydroxyl groups excluding tert-OH is 1. The van der Waals surface area contributed by atoms with E-state index in [0.717, 1.165) is 12.8 Å². The summed E-state index contributed by atoms with van der Waals surface area (Å²) in [7, 11) is 0. The van der Waals surface area contributed by atoms with E-state index in [0.29, 0.717) is 5.92 Å². The van der Waals surface area contributed by atoms with E-state index in [1.807, 2.05) is 12.2 Å². The standard InChI is InChI=1S/C11H20O/c1-5-7-11(9-12,8-6-2)10(3)4/h5-6,10,12H,1-2,7-9H2,3-4H3. The van der Waals surface area contributed by atoms with Crippen molar-refractivity contribution in [1.29, 1.82) is 0 Å². The fourth-order valence-corrected chi connectivity index (χ4v) is 1.44. The molecule has 0 aromatic rings. The third-order valence-corrected chi connectivity index (χ3v) is 2.64. The second kappa shape index (κ2) is 5.15. The van der Waals surface area contributed by atoms with Crippen molar-refractivity contribution in [3.63, 3.8) is 0 Å². The molecule has 0 bridgehead atoms. The minimum absolute atomic E-state index is 0.0382. The minimum atomic E-state index is -0.0382. The van der Waals surface area contributed by atoms with Crippen LogP contribution in [0.4, 0.5) is 0 Å². The summed E-state index contributed by atoms with van der Waals surface area (Å²) in [4.78, 5) is 0. The normalized spacial score (nSPS) is 11.7.